The number of benzene rings is 2. The Balaban J connectivity index is 1.73. The monoisotopic (exact) mass is 421 g/mol. The molecule has 0 amide bonds. The maximum atomic E-state index is 14.8. The van der Waals surface area contributed by atoms with Crippen LogP contribution < -0.4 is 11.3 Å². The molecule has 3 heterocycles. The zero-order valence-corrected chi connectivity index (χ0v) is 17.4. The van der Waals surface area contributed by atoms with Gasteiger partial charge in [0, 0.05) is 22.9 Å². The lowest BCUT2D eigenvalue weighted by molar-refractivity contribution is 0.479. The summed E-state index contributed by atoms with van der Waals surface area (Å²) in [5, 5.41) is 5.86. The van der Waals surface area contributed by atoms with Crippen molar-refractivity contribution in [3.05, 3.63) is 69.9 Å². The summed E-state index contributed by atoms with van der Waals surface area (Å²) in [4.78, 5) is 20.8. The Kier molecular flexibility index (Phi) is 4.21. The molecular formula is C22H20FN5OS. The van der Waals surface area contributed by atoms with Crippen LogP contribution in [0.3, 0.4) is 0 Å². The lowest BCUT2D eigenvalue weighted by Gasteiger charge is -2.30. The van der Waals surface area contributed by atoms with Crippen molar-refractivity contribution >= 4 is 27.8 Å². The minimum atomic E-state index is -0.564. The smallest absolute Gasteiger partial charge is 0.282 e. The number of thioether (sulfide) groups is 1. The topological polar surface area (TPSA) is 89.1 Å². The number of hydrogen-bond acceptors (Lipinski definition) is 5. The molecule has 0 fully saturated rings. The summed E-state index contributed by atoms with van der Waals surface area (Å²) in [6.45, 7) is 3.95. The quantitative estimate of drug-likeness (QED) is 0.513. The number of halogens is 1. The SMILES string of the molecule is Cc1ccc2[nH]cc3c(=O)n(-c4cc(C5(C)CCSC(N)=N5)ccc4F)nc-3c2c1. The molecule has 0 spiro atoms. The van der Waals surface area contributed by atoms with Crippen LogP contribution in [-0.2, 0) is 5.54 Å². The van der Waals surface area contributed by atoms with Crippen molar-refractivity contribution in [3.63, 3.8) is 0 Å². The Bertz CT molecular complexity index is 1360. The molecule has 0 aliphatic carbocycles. The molecule has 3 N–H and O–H groups in total. The summed E-state index contributed by atoms with van der Waals surface area (Å²) in [6.07, 6.45) is 2.40. The van der Waals surface area contributed by atoms with E-state index in [-0.39, 0.29) is 11.2 Å². The van der Waals surface area contributed by atoms with E-state index in [9.17, 15) is 9.18 Å². The Morgan fingerprint density at radius 2 is 2.10 bits per heavy atom. The summed E-state index contributed by atoms with van der Waals surface area (Å²) in [6, 6.07) is 10.6. The maximum absolute atomic E-state index is 14.8. The van der Waals surface area contributed by atoms with E-state index >= 15 is 0 Å². The fourth-order valence-electron chi connectivity index (χ4n) is 3.94. The minimum absolute atomic E-state index is 0.114. The number of nitrogens with two attached hydrogens (primary N) is 1. The molecule has 5 rings (SSSR count). The number of aliphatic imine (C=N–C) groups is 1. The van der Waals surface area contributed by atoms with E-state index in [1.807, 2.05) is 32.0 Å². The highest BCUT2D eigenvalue weighted by molar-refractivity contribution is 8.13. The first kappa shape index (κ1) is 18.9. The fraction of sp³-hybridized carbons (Fsp3) is 0.227. The molecule has 0 saturated carbocycles. The van der Waals surface area contributed by atoms with Crippen molar-refractivity contribution in [1.82, 2.24) is 14.8 Å². The number of pyridine rings is 1. The highest BCUT2D eigenvalue weighted by atomic mass is 32.2. The van der Waals surface area contributed by atoms with E-state index in [1.54, 1.807) is 18.3 Å². The van der Waals surface area contributed by atoms with Crippen molar-refractivity contribution in [1.29, 1.82) is 0 Å². The second kappa shape index (κ2) is 6.70. The number of aromatic amines is 1. The number of aryl methyl sites for hydroxylation is 1. The number of nitrogens with one attached hydrogen (secondary N) is 1. The van der Waals surface area contributed by atoms with Crippen LogP contribution in [0.4, 0.5) is 4.39 Å². The minimum Gasteiger partial charge on any atom is -0.379 e. The van der Waals surface area contributed by atoms with Gasteiger partial charge < -0.3 is 10.7 Å². The van der Waals surface area contributed by atoms with Gasteiger partial charge in [-0.2, -0.15) is 9.78 Å². The first-order valence-corrected chi connectivity index (χ1v) is 10.6. The predicted octanol–water partition coefficient (Wildman–Crippen LogP) is 3.93. The second-order valence-electron chi connectivity index (χ2n) is 7.81. The lowest BCUT2D eigenvalue weighted by atomic mass is 9.89. The fourth-order valence-corrected chi connectivity index (χ4v) is 4.92. The van der Waals surface area contributed by atoms with Crippen LogP contribution in [0.5, 0.6) is 0 Å². The molecule has 0 radical (unpaired) electrons. The Hall–Kier alpha value is -3.13. The third kappa shape index (κ3) is 2.90. The average Bonchev–Trinajstić information content (AvgIpc) is 3.05. The zero-order chi connectivity index (χ0) is 21.0. The van der Waals surface area contributed by atoms with Gasteiger partial charge in [0.05, 0.1) is 11.1 Å². The zero-order valence-electron chi connectivity index (χ0n) is 16.6. The van der Waals surface area contributed by atoms with Crippen LogP contribution in [0.1, 0.15) is 24.5 Å². The molecule has 2 aromatic rings. The van der Waals surface area contributed by atoms with Crippen molar-refractivity contribution in [3.8, 4) is 16.9 Å². The number of H-pyrrole nitrogens is 1. The van der Waals surface area contributed by atoms with E-state index in [1.165, 1.54) is 17.8 Å². The van der Waals surface area contributed by atoms with Crippen LogP contribution in [0.25, 0.3) is 27.8 Å². The summed E-state index contributed by atoms with van der Waals surface area (Å²) in [7, 11) is 0. The molecule has 0 saturated heterocycles. The summed E-state index contributed by atoms with van der Waals surface area (Å²) in [5.41, 5.74) is 8.80. The van der Waals surface area contributed by atoms with Gasteiger partial charge >= 0.3 is 0 Å². The van der Waals surface area contributed by atoms with Gasteiger partial charge in [0.15, 0.2) is 5.17 Å². The molecule has 152 valence electrons. The summed E-state index contributed by atoms with van der Waals surface area (Å²) < 4.78 is 16.0. The van der Waals surface area contributed by atoms with E-state index < -0.39 is 11.4 Å². The van der Waals surface area contributed by atoms with Gasteiger partial charge in [0.25, 0.3) is 5.56 Å². The lowest BCUT2D eigenvalue weighted by Crippen LogP contribution is -2.29. The van der Waals surface area contributed by atoms with Crippen molar-refractivity contribution in [2.75, 3.05) is 5.75 Å². The van der Waals surface area contributed by atoms with Crippen molar-refractivity contribution < 1.29 is 4.39 Å². The molecule has 1 unspecified atom stereocenters. The summed E-state index contributed by atoms with van der Waals surface area (Å²) >= 11 is 1.51. The number of nitrogens with zero attached hydrogens (tertiary/aromatic N) is 3. The van der Waals surface area contributed by atoms with Crippen LogP contribution in [0, 0.1) is 12.7 Å². The van der Waals surface area contributed by atoms with Crippen LogP contribution >= 0.6 is 11.8 Å². The van der Waals surface area contributed by atoms with Crippen molar-refractivity contribution in [2.45, 2.75) is 25.8 Å². The Morgan fingerprint density at radius 3 is 2.90 bits per heavy atom. The molecule has 0 bridgehead atoms. The number of hydrogen-bond donors (Lipinski definition) is 2. The van der Waals surface area contributed by atoms with E-state index in [2.05, 4.69) is 15.1 Å². The van der Waals surface area contributed by atoms with Gasteiger partial charge in [0.2, 0.25) is 0 Å². The van der Waals surface area contributed by atoms with Gasteiger partial charge in [-0.1, -0.05) is 29.5 Å². The first-order chi connectivity index (χ1) is 14.4. The van der Waals surface area contributed by atoms with Gasteiger partial charge in [-0.25, -0.2) is 4.39 Å². The standard InChI is InChI=1S/C22H20FN5OS/c1-12-3-6-17-14(9-12)19-15(11-25-17)20(29)28(27-19)18-10-13(4-5-16(18)23)22(2)7-8-30-21(24)26-22/h3-6,9-11,25H,7-8H2,1-2H3,(H2,24,26). The average molecular weight is 422 g/mol. The molecule has 30 heavy (non-hydrogen) atoms. The first-order valence-electron chi connectivity index (χ1n) is 9.65. The Morgan fingerprint density at radius 1 is 1.27 bits per heavy atom. The molecule has 1 atom stereocenters. The number of rotatable bonds is 2. The molecular weight excluding hydrogens is 401 g/mol. The Labute approximate surface area is 176 Å². The van der Waals surface area contributed by atoms with Crippen LogP contribution in [-0.4, -0.2) is 25.7 Å². The van der Waals surface area contributed by atoms with Gasteiger partial charge in [-0.15, -0.1) is 0 Å². The maximum Gasteiger partial charge on any atom is 0.282 e. The summed E-state index contributed by atoms with van der Waals surface area (Å²) in [5.74, 6) is 0.317. The second-order valence-corrected chi connectivity index (χ2v) is 8.92. The van der Waals surface area contributed by atoms with Gasteiger partial charge in [-0.05, 0) is 50.1 Å². The largest absolute Gasteiger partial charge is 0.379 e. The normalized spacial score (nSPS) is 19.4. The highest BCUT2D eigenvalue weighted by Gasteiger charge is 2.31. The van der Waals surface area contributed by atoms with Crippen LogP contribution in [0.15, 0.2) is 52.4 Å². The van der Waals surface area contributed by atoms with Crippen LogP contribution in [0.2, 0.25) is 0 Å². The molecule has 0 aromatic heterocycles. The highest BCUT2D eigenvalue weighted by Crippen LogP contribution is 2.36. The number of fused-ring (bicyclic) bond motifs is 3. The van der Waals surface area contributed by atoms with E-state index in [0.717, 1.165) is 38.9 Å². The molecule has 3 aliphatic heterocycles. The molecule has 3 aliphatic rings. The third-order valence-electron chi connectivity index (χ3n) is 5.67. The molecule has 2 aromatic carbocycles. The number of amidine groups is 1. The van der Waals surface area contributed by atoms with Gasteiger partial charge in [-0.3, -0.25) is 9.79 Å². The molecule has 6 nitrogen and oxygen atoms in total. The number of aromatic nitrogens is 3. The molecule has 8 heteroatoms. The van der Waals surface area contributed by atoms with Gasteiger partial charge in [0.1, 0.15) is 17.2 Å². The predicted molar refractivity (Wildman–Crippen MR) is 119 cm³/mol. The third-order valence-corrected chi connectivity index (χ3v) is 6.47. The van der Waals surface area contributed by atoms with E-state index in [4.69, 9.17) is 5.73 Å². The van der Waals surface area contributed by atoms with Crippen molar-refractivity contribution in [2.24, 2.45) is 10.7 Å². The van der Waals surface area contributed by atoms with E-state index in [0.29, 0.717) is 16.4 Å².